The number of thioether (sulfide) groups is 1. The standard InChI is InChI=1S/C18H17N3O3S/c1-10-6-4-5-7-12(10)9-25-18-20-15-14(16(22)21-18)13(17(23)24-3)8-11(2)19-15/h4-8H,9H2,1-3H3,(H,19,20,21,22). The number of H-pyrrole nitrogens is 1. The van der Waals surface area contributed by atoms with E-state index in [2.05, 4.69) is 15.0 Å². The number of nitrogens with one attached hydrogen (secondary N) is 1. The van der Waals surface area contributed by atoms with E-state index in [1.54, 1.807) is 6.92 Å². The second-order valence-corrected chi connectivity index (χ2v) is 6.55. The molecule has 3 rings (SSSR count). The number of carbonyl (C=O) groups excluding carboxylic acids is 1. The van der Waals surface area contributed by atoms with Crippen LogP contribution in [0.4, 0.5) is 0 Å². The van der Waals surface area contributed by atoms with Gasteiger partial charge in [0, 0.05) is 11.4 Å². The Bertz CT molecular complexity index is 1010. The van der Waals surface area contributed by atoms with Crippen molar-refractivity contribution in [3.8, 4) is 0 Å². The Kier molecular flexibility index (Phi) is 4.85. The molecule has 25 heavy (non-hydrogen) atoms. The maximum Gasteiger partial charge on any atom is 0.338 e. The van der Waals surface area contributed by atoms with Gasteiger partial charge in [-0.2, -0.15) is 0 Å². The summed E-state index contributed by atoms with van der Waals surface area (Å²) in [5.74, 6) is 0.0969. The highest BCUT2D eigenvalue weighted by Gasteiger charge is 2.17. The fourth-order valence-corrected chi connectivity index (χ4v) is 3.43. The Morgan fingerprint density at radius 3 is 2.72 bits per heavy atom. The van der Waals surface area contributed by atoms with Crippen LogP contribution in [0.25, 0.3) is 11.0 Å². The van der Waals surface area contributed by atoms with E-state index < -0.39 is 11.5 Å². The third-order valence-electron chi connectivity index (χ3n) is 3.81. The molecule has 6 nitrogen and oxygen atoms in total. The lowest BCUT2D eigenvalue weighted by Crippen LogP contribution is -2.16. The zero-order valence-electron chi connectivity index (χ0n) is 14.1. The fraction of sp³-hybridized carbons (Fsp3) is 0.222. The first kappa shape index (κ1) is 17.2. The van der Waals surface area contributed by atoms with E-state index in [1.807, 2.05) is 31.2 Å². The first-order chi connectivity index (χ1) is 12.0. The van der Waals surface area contributed by atoms with Gasteiger partial charge in [0.05, 0.1) is 18.1 Å². The minimum Gasteiger partial charge on any atom is -0.465 e. The van der Waals surface area contributed by atoms with Crippen molar-refractivity contribution < 1.29 is 9.53 Å². The Hall–Kier alpha value is -2.67. The number of fused-ring (bicyclic) bond motifs is 1. The molecule has 0 fully saturated rings. The highest BCUT2D eigenvalue weighted by Crippen LogP contribution is 2.22. The zero-order chi connectivity index (χ0) is 18.0. The molecule has 0 bridgehead atoms. The molecule has 0 aliphatic rings. The van der Waals surface area contributed by atoms with Gasteiger partial charge in [-0.3, -0.25) is 4.79 Å². The molecule has 2 heterocycles. The van der Waals surface area contributed by atoms with E-state index in [0.29, 0.717) is 16.6 Å². The summed E-state index contributed by atoms with van der Waals surface area (Å²) < 4.78 is 4.75. The summed E-state index contributed by atoms with van der Waals surface area (Å²) in [6.07, 6.45) is 0. The molecule has 0 unspecified atom stereocenters. The van der Waals surface area contributed by atoms with Crippen LogP contribution in [-0.2, 0) is 10.5 Å². The minimum atomic E-state index is -0.580. The Labute approximate surface area is 148 Å². The van der Waals surface area contributed by atoms with Crippen molar-refractivity contribution in [2.24, 2.45) is 0 Å². The van der Waals surface area contributed by atoms with Gasteiger partial charge in [0.15, 0.2) is 10.8 Å². The number of aromatic amines is 1. The molecule has 128 valence electrons. The number of rotatable bonds is 4. The number of benzene rings is 1. The lowest BCUT2D eigenvalue weighted by molar-refractivity contribution is 0.0602. The van der Waals surface area contributed by atoms with E-state index in [-0.39, 0.29) is 16.6 Å². The monoisotopic (exact) mass is 355 g/mol. The molecule has 0 amide bonds. The van der Waals surface area contributed by atoms with Gasteiger partial charge in [0.2, 0.25) is 0 Å². The number of carbonyl (C=O) groups is 1. The van der Waals surface area contributed by atoms with Gasteiger partial charge in [0.25, 0.3) is 5.56 Å². The maximum atomic E-state index is 12.5. The molecule has 2 aromatic heterocycles. The van der Waals surface area contributed by atoms with Gasteiger partial charge < -0.3 is 9.72 Å². The van der Waals surface area contributed by atoms with E-state index in [9.17, 15) is 9.59 Å². The summed E-state index contributed by atoms with van der Waals surface area (Å²) in [4.78, 5) is 35.8. The second-order valence-electron chi connectivity index (χ2n) is 5.59. The maximum absolute atomic E-state index is 12.5. The third kappa shape index (κ3) is 3.56. The lowest BCUT2D eigenvalue weighted by atomic mass is 10.1. The van der Waals surface area contributed by atoms with Crippen molar-refractivity contribution in [2.45, 2.75) is 24.8 Å². The van der Waals surface area contributed by atoms with Crippen LogP contribution in [0.1, 0.15) is 27.2 Å². The molecule has 1 aromatic carbocycles. The van der Waals surface area contributed by atoms with Crippen molar-refractivity contribution in [3.05, 3.63) is 63.1 Å². The molecular formula is C18H17N3O3S. The Morgan fingerprint density at radius 1 is 1.24 bits per heavy atom. The topological polar surface area (TPSA) is 84.9 Å². The normalized spacial score (nSPS) is 10.8. The van der Waals surface area contributed by atoms with Crippen molar-refractivity contribution in [1.82, 2.24) is 15.0 Å². The number of methoxy groups -OCH3 is 1. The summed E-state index contributed by atoms with van der Waals surface area (Å²) in [7, 11) is 1.28. The number of ether oxygens (including phenoxy) is 1. The van der Waals surface area contributed by atoms with Crippen LogP contribution in [0.2, 0.25) is 0 Å². The van der Waals surface area contributed by atoms with E-state index in [1.165, 1.54) is 36.1 Å². The van der Waals surface area contributed by atoms with Gasteiger partial charge in [-0.1, -0.05) is 36.0 Å². The molecule has 0 aliphatic carbocycles. The van der Waals surface area contributed by atoms with Crippen molar-refractivity contribution in [1.29, 1.82) is 0 Å². The predicted molar refractivity (Wildman–Crippen MR) is 97.0 cm³/mol. The van der Waals surface area contributed by atoms with Crippen molar-refractivity contribution in [3.63, 3.8) is 0 Å². The molecule has 0 atom stereocenters. The molecule has 3 aromatic rings. The summed E-state index contributed by atoms with van der Waals surface area (Å²) >= 11 is 1.42. The number of aryl methyl sites for hydroxylation is 2. The first-order valence-electron chi connectivity index (χ1n) is 7.67. The average molecular weight is 355 g/mol. The average Bonchev–Trinajstić information content (AvgIpc) is 2.59. The Morgan fingerprint density at radius 2 is 2.00 bits per heavy atom. The summed E-state index contributed by atoms with van der Waals surface area (Å²) in [5, 5.41) is 0.618. The summed E-state index contributed by atoms with van der Waals surface area (Å²) in [6.45, 7) is 3.79. The minimum absolute atomic E-state index is 0.151. The number of aromatic nitrogens is 3. The van der Waals surface area contributed by atoms with Gasteiger partial charge in [0.1, 0.15) is 0 Å². The molecule has 0 saturated heterocycles. The molecule has 0 spiro atoms. The number of hydrogen-bond donors (Lipinski definition) is 1. The van der Waals surface area contributed by atoms with E-state index in [4.69, 9.17) is 4.74 Å². The van der Waals surface area contributed by atoms with Gasteiger partial charge in [-0.15, -0.1) is 0 Å². The largest absolute Gasteiger partial charge is 0.465 e. The zero-order valence-corrected chi connectivity index (χ0v) is 14.9. The molecule has 0 radical (unpaired) electrons. The highest BCUT2D eigenvalue weighted by molar-refractivity contribution is 7.98. The Balaban J connectivity index is 2.01. The van der Waals surface area contributed by atoms with Crippen LogP contribution >= 0.6 is 11.8 Å². The van der Waals surface area contributed by atoms with E-state index in [0.717, 1.165) is 0 Å². The molecule has 0 aliphatic heterocycles. The number of nitrogens with zero attached hydrogens (tertiary/aromatic N) is 2. The van der Waals surface area contributed by atoms with Gasteiger partial charge in [-0.25, -0.2) is 14.8 Å². The van der Waals surface area contributed by atoms with Crippen LogP contribution in [-0.4, -0.2) is 28.0 Å². The van der Waals surface area contributed by atoms with Crippen LogP contribution in [0.5, 0.6) is 0 Å². The fourth-order valence-electron chi connectivity index (χ4n) is 2.50. The van der Waals surface area contributed by atoms with Crippen LogP contribution in [0.15, 0.2) is 40.3 Å². The predicted octanol–water partition coefficient (Wildman–Crippen LogP) is 3.01. The molecule has 0 saturated carbocycles. The van der Waals surface area contributed by atoms with Crippen molar-refractivity contribution >= 4 is 28.8 Å². The molecular weight excluding hydrogens is 338 g/mol. The van der Waals surface area contributed by atoms with Crippen LogP contribution in [0, 0.1) is 13.8 Å². The molecule has 1 N–H and O–H groups in total. The SMILES string of the molecule is COC(=O)c1cc(C)nc2nc(SCc3ccccc3C)[nH]c(=O)c12. The van der Waals surface area contributed by atoms with Gasteiger partial charge in [-0.05, 0) is 31.0 Å². The summed E-state index contributed by atoms with van der Waals surface area (Å²) in [6, 6.07) is 9.58. The second kappa shape index (κ2) is 7.06. The number of hydrogen-bond acceptors (Lipinski definition) is 6. The van der Waals surface area contributed by atoms with Crippen molar-refractivity contribution in [2.75, 3.05) is 7.11 Å². The smallest absolute Gasteiger partial charge is 0.338 e. The lowest BCUT2D eigenvalue weighted by Gasteiger charge is -2.08. The van der Waals surface area contributed by atoms with Crippen LogP contribution in [0.3, 0.4) is 0 Å². The number of esters is 1. The van der Waals surface area contributed by atoms with E-state index >= 15 is 0 Å². The first-order valence-corrected chi connectivity index (χ1v) is 8.65. The number of pyridine rings is 1. The summed E-state index contributed by atoms with van der Waals surface area (Å²) in [5.41, 5.74) is 2.97. The highest BCUT2D eigenvalue weighted by atomic mass is 32.2. The molecule has 7 heteroatoms. The quantitative estimate of drug-likeness (QED) is 0.440. The third-order valence-corrected chi connectivity index (χ3v) is 4.74. The van der Waals surface area contributed by atoms with Crippen LogP contribution < -0.4 is 5.56 Å². The van der Waals surface area contributed by atoms with Gasteiger partial charge >= 0.3 is 5.97 Å².